The van der Waals surface area contributed by atoms with Crippen molar-refractivity contribution in [1.29, 1.82) is 0 Å². The third kappa shape index (κ3) is 5.44. The second-order valence-electron chi connectivity index (χ2n) is 6.48. The molecule has 0 unspecified atom stereocenters. The van der Waals surface area contributed by atoms with Crippen LogP contribution in [-0.2, 0) is 4.79 Å². The van der Waals surface area contributed by atoms with Gasteiger partial charge >= 0.3 is 0 Å². The summed E-state index contributed by atoms with van der Waals surface area (Å²) in [5.74, 6) is 0.380. The normalized spacial score (nSPS) is 11.3. The van der Waals surface area contributed by atoms with E-state index >= 15 is 0 Å². The van der Waals surface area contributed by atoms with Crippen LogP contribution in [0, 0.1) is 5.82 Å². The van der Waals surface area contributed by atoms with E-state index < -0.39 is 0 Å². The number of thiazole rings is 1. The van der Waals surface area contributed by atoms with Gasteiger partial charge in [-0.05, 0) is 50.5 Å². The second kappa shape index (κ2) is 9.69. The average molecular weight is 438 g/mol. The van der Waals surface area contributed by atoms with E-state index in [4.69, 9.17) is 11.6 Å². The number of anilines is 1. The minimum Gasteiger partial charge on any atom is -0.308 e. The molecule has 0 N–H and O–H groups in total. The van der Waals surface area contributed by atoms with Crippen LogP contribution < -0.4 is 4.90 Å². The van der Waals surface area contributed by atoms with Crippen LogP contribution in [0.1, 0.15) is 6.42 Å². The summed E-state index contributed by atoms with van der Waals surface area (Å²) >= 11 is 9.26. The number of thioether (sulfide) groups is 1. The van der Waals surface area contributed by atoms with E-state index in [0.717, 1.165) is 21.7 Å². The Morgan fingerprint density at radius 3 is 2.61 bits per heavy atom. The molecular weight excluding hydrogens is 417 g/mol. The van der Waals surface area contributed by atoms with Gasteiger partial charge in [0.2, 0.25) is 5.91 Å². The van der Waals surface area contributed by atoms with Gasteiger partial charge < -0.3 is 4.90 Å². The molecule has 8 heteroatoms. The molecule has 0 saturated heterocycles. The Morgan fingerprint density at radius 2 is 1.93 bits per heavy atom. The Balaban J connectivity index is 1.71. The zero-order valence-corrected chi connectivity index (χ0v) is 18.1. The van der Waals surface area contributed by atoms with Gasteiger partial charge in [0.05, 0.1) is 9.72 Å². The van der Waals surface area contributed by atoms with Crippen molar-refractivity contribution in [2.45, 2.75) is 11.3 Å². The predicted molar refractivity (Wildman–Crippen MR) is 117 cm³/mol. The number of fused-ring (bicyclic) bond motifs is 1. The number of nitrogens with zero attached hydrogens (tertiary/aromatic N) is 3. The van der Waals surface area contributed by atoms with Gasteiger partial charge in [0.1, 0.15) is 11.3 Å². The zero-order chi connectivity index (χ0) is 20.1. The topological polar surface area (TPSA) is 36.4 Å². The first-order chi connectivity index (χ1) is 13.4. The van der Waals surface area contributed by atoms with Crippen LogP contribution in [0.3, 0.4) is 0 Å². The number of rotatable bonds is 8. The molecule has 3 rings (SSSR count). The predicted octanol–water partition coefficient (Wildman–Crippen LogP) is 5.17. The van der Waals surface area contributed by atoms with Gasteiger partial charge in [-0.25, -0.2) is 9.37 Å². The molecule has 28 heavy (non-hydrogen) atoms. The van der Waals surface area contributed by atoms with Gasteiger partial charge in [-0.2, -0.15) is 0 Å². The fraction of sp³-hybridized carbons (Fsp3) is 0.300. The monoisotopic (exact) mass is 437 g/mol. The van der Waals surface area contributed by atoms with Crippen LogP contribution in [-0.4, -0.2) is 48.7 Å². The number of likely N-dealkylation sites (N-methyl/N-ethyl adjacent to an activating group) is 1. The summed E-state index contributed by atoms with van der Waals surface area (Å²) in [6, 6.07) is 12.0. The maximum absolute atomic E-state index is 13.0. The summed E-state index contributed by atoms with van der Waals surface area (Å²) in [5, 5.41) is 1.26. The van der Waals surface area contributed by atoms with Gasteiger partial charge in [0.15, 0.2) is 5.13 Å². The molecule has 0 aliphatic rings. The number of carbonyl (C=O) groups excluding carboxylic acids is 1. The molecule has 0 fully saturated rings. The van der Waals surface area contributed by atoms with Crippen LogP contribution in [0.5, 0.6) is 0 Å². The summed E-state index contributed by atoms with van der Waals surface area (Å²) in [5.41, 5.74) is 0.729. The first-order valence-corrected chi connectivity index (χ1v) is 11.0. The summed E-state index contributed by atoms with van der Waals surface area (Å²) in [4.78, 5) is 22.3. The van der Waals surface area contributed by atoms with Crippen molar-refractivity contribution in [3.63, 3.8) is 0 Å². The molecule has 3 aromatic rings. The zero-order valence-electron chi connectivity index (χ0n) is 15.7. The fourth-order valence-electron chi connectivity index (χ4n) is 2.57. The van der Waals surface area contributed by atoms with E-state index in [1.54, 1.807) is 23.1 Å². The molecule has 148 valence electrons. The molecule has 0 atom stereocenters. The first-order valence-electron chi connectivity index (χ1n) is 8.82. The highest BCUT2D eigenvalue weighted by atomic mass is 35.5. The highest BCUT2D eigenvalue weighted by molar-refractivity contribution is 7.99. The third-order valence-corrected chi connectivity index (χ3v) is 6.42. The van der Waals surface area contributed by atoms with Crippen LogP contribution in [0.15, 0.2) is 47.4 Å². The van der Waals surface area contributed by atoms with Crippen LogP contribution in [0.4, 0.5) is 9.52 Å². The SMILES string of the molecule is CN(C)CCN(C(=O)CCSc1ccc(F)cc1)c1nc2c(Cl)cccc2s1. The first kappa shape index (κ1) is 21.0. The van der Waals surface area contributed by atoms with Gasteiger partial charge in [0, 0.05) is 30.2 Å². The summed E-state index contributed by atoms with van der Waals surface area (Å²) in [6.45, 7) is 1.30. The number of amides is 1. The maximum Gasteiger partial charge on any atom is 0.229 e. The average Bonchev–Trinajstić information content (AvgIpc) is 3.08. The van der Waals surface area contributed by atoms with Crippen molar-refractivity contribution in [1.82, 2.24) is 9.88 Å². The lowest BCUT2D eigenvalue weighted by atomic mass is 10.3. The Kier molecular flexibility index (Phi) is 7.29. The Labute approximate surface area is 177 Å². The van der Waals surface area contributed by atoms with Crippen molar-refractivity contribution in [2.75, 3.05) is 37.8 Å². The summed E-state index contributed by atoms with van der Waals surface area (Å²) in [7, 11) is 3.95. The van der Waals surface area contributed by atoms with Crippen molar-refractivity contribution in [3.8, 4) is 0 Å². The van der Waals surface area contributed by atoms with E-state index in [0.29, 0.717) is 28.9 Å². The van der Waals surface area contributed by atoms with Crippen molar-refractivity contribution in [2.24, 2.45) is 0 Å². The van der Waals surface area contributed by atoms with E-state index in [2.05, 4.69) is 4.98 Å². The Bertz CT molecular complexity index is 946. The van der Waals surface area contributed by atoms with E-state index in [-0.39, 0.29) is 11.7 Å². The molecule has 0 radical (unpaired) electrons. The lowest BCUT2D eigenvalue weighted by molar-refractivity contribution is -0.118. The lowest BCUT2D eigenvalue weighted by Crippen LogP contribution is -2.36. The molecule has 0 spiro atoms. The number of hydrogen-bond donors (Lipinski definition) is 0. The molecule has 0 aliphatic heterocycles. The van der Waals surface area contributed by atoms with Crippen LogP contribution in [0.25, 0.3) is 10.2 Å². The third-order valence-electron chi connectivity index (χ3n) is 4.06. The van der Waals surface area contributed by atoms with Gasteiger partial charge in [-0.1, -0.05) is 29.0 Å². The molecule has 1 aromatic heterocycles. The number of para-hydroxylation sites is 1. The maximum atomic E-state index is 13.0. The second-order valence-corrected chi connectivity index (χ2v) is 9.07. The number of halogens is 2. The van der Waals surface area contributed by atoms with E-state index in [9.17, 15) is 9.18 Å². The van der Waals surface area contributed by atoms with Gasteiger partial charge in [-0.15, -0.1) is 11.8 Å². The van der Waals surface area contributed by atoms with E-state index in [1.165, 1.54) is 35.2 Å². The molecule has 0 saturated carbocycles. The molecule has 0 bridgehead atoms. The Hall–Kier alpha value is -1.67. The summed E-state index contributed by atoms with van der Waals surface area (Å²) < 4.78 is 14.0. The standard InChI is InChI=1S/C20H21ClFN3OS2/c1-24(2)11-12-25(20-23-19-16(21)4-3-5-17(19)28-20)18(26)10-13-27-15-8-6-14(22)7-9-15/h3-9H,10-13H2,1-2H3. The fourth-order valence-corrected chi connectivity index (χ4v) is 4.72. The largest absolute Gasteiger partial charge is 0.308 e. The minimum atomic E-state index is -0.259. The number of benzene rings is 2. The summed E-state index contributed by atoms with van der Waals surface area (Å²) in [6.07, 6.45) is 0.374. The number of carbonyl (C=O) groups is 1. The molecule has 4 nitrogen and oxygen atoms in total. The number of aromatic nitrogens is 1. The highest BCUT2D eigenvalue weighted by Crippen LogP contribution is 2.33. The molecular formula is C20H21ClFN3OS2. The molecule has 1 heterocycles. The van der Waals surface area contributed by atoms with Crippen LogP contribution in [0.2, 0.25) is 5.02 Å². The van der Waals surface area contributed by atoms with Crippen molar-refractivity contribution >= 4 is 56.0 Å². The quantitative estimate of drug-likeness (QED) is 0.456. The molecule has 2 aromatic carbocycles. The van der Waals surface area contributed by atoms with Crippen molar-refractivity contribution < 1.29 is 9.18 Å². The Morgan fingerprint density at radius 1 is 1.18 bits per heavy atom. The number of hydrogen-bond acceptors (Lipinski definition) is 5. The minimum absolute atomic E-state index is 0.0200. The van der Waals surface area contributed by atoms with Crippen LogP contribution >= 0.6 is 34.7 Å². The smallest absolute Gasteiger partial charge is 0.229 e. The molecule has 0 aliphatic carbocycles. The van der Waals surface area contributed by atoms with Crippen molar-refractivity contribution in [3.05, 3.63) is 53.3 Å². The lowest BCUT2D eigenvalue weighted by Gasteiger charge is -2.22. The van der Waals surface area contributed by atoms with Gasteiger partial charge in [0.25, 0.3) is 0 Å². The van der Waals surface area contributed by atoms with Gasteiger partial charge in [-0.3, -0.25) is 9.69 Å². The molecule has 1 amide bonds. The highest BCUT2D eigenvalue weighted by Gasteiger charge is 2.20. The van der Waals surface area contributed by atoms with E-state index in [1.807, 2.05) is 31.1 Å².